The number of nitrogens with two attached hydrogens (primary N) is 1. The molecule has 0 aliphatic carbocycles. The van der Waals surface area contributed by atoms with Gasteiger partial charge in [-0.05, 0) is 44.6 Å². The van der Waals surface area contributed by atoms with Crippen LogP contribution in [0.3, 0.4) is 0 Å². The smallest absolute Gasteiger partial charge is 0.0223 e. The van der Waals surface area contributed by atoms with Gasteiger partial charge < -0.3 is 5.73 Å². The lowest BCUT2D eigenvalue weighted by molar-refractivity contribution is 0.198. The molecule has 1 aromatic rings. The molecule has 0 aliphatic heterocycles. The highest BCUT2D eigenvalue weighted by Crippen LogP contribution is 2.42. The summed E-state index contributed by atoms with van der Waals surface area (Å²) in [5.74, 6) is 0. The Balaban J connectivity index is 2.96. The van der Waals surface area contributed by atoms with Crippen LogP contribution in [0.5, 0.6) is 0 Å². The molecule has 1 unspecified atom stereocenters. The fourth-order valence-corrected chi connectivity index (χ4v) is 3.57. The van der Waals surface area contributed by atoms with Crippen LogP contribution in [-0.4, -0.2) is 5.54 Å². The molecule has 0 spiro atoms. The van der Waals surface area contributed by atoms with E-state index in [9.17, 15) is 0 Å². The summed E-state index contributed by atoms with van der Waals surface area (Å²) in [5, 5.41) is 0. The van der Waals surface area contributed by atoms with E-state index >= 15 is 0 Å². The average Bonchev–Trinajstić information content (AvgIpc) is 2.46. The second-order valence-corrected chi connectivity index (χ2v) is 6.11. The molecule has 0 saturated heterocycles. The summed E-state index contributed by atoms with van der Waals surface area (Å²) in [6, 6.07) is 10.8. The standard InChI is InChI=1S/C19H31N/c1-5-8-9-13-16-18(4,20)19(6-2,7-3)17-14-11-10-12-15-17/h5,10-12,14-15H,1,6-9,13,16,20H2,2-4H3. The first kappa shape index (κ1) is 17.0. The van der Waals surface area contributed by atoms with E-state index in [2.05, 4.69) is 57.7 Å². The molecule has 0 radical (unpaired) electrons. The van der Waals surface area contributed by atoms with Crippen molar-refractivity contribution in [1.29, 1.82) is 0 Å². The lowest BCUT2D eigenvalue weighted by Crippen LogP contribution is -2.55. The van der Waals surface area contributed by atoms with E-state index in [4.69, 9.17) is 5.73 Å². The summed E-state index contributed by atoms with van der Waals surface area (Å²) in [4.78, 5) is 0. The average molecular weight is 273 g/mol. The van der Waals surface area contributed by atoms with Crippen LogP contribution in [-0.2, 0) is 5.41 Å². The minimum atomic E-state index is -0.168. The Labute approximate surface area is 125 Å². The van der Waals surface area contributed by atoms with Crippen LogP contribution in [0.1, 0.15) is 64.9 Å². The van der Waals surface area contributed by atoms with Crippen molar-refractivity contribution in [3.63, 3.8) is 0 Å². The van der Waals surface area contributed by atoms with E-state index in [1.165, 1.54) is 18.4 Å². The highest BCUT2D eigenvalue weighted by molar-refractivity contribution is 5.30. The van der Waals surface area contributed by atoms with Gasteiger partial charge in [0.2, 0.25) is 0 Å². The van der Waals surface area contributed by atoms with Crippen LogP contribution in [0, 0.1) is 0 Å². The topological polar surface area (TPSA) is 26.0 Å². The molecule has 0 fully saturated rings. The number of hydrogen-bond donors (Lipinski definition) is 1. The molecular weight excluding hydrogens is 242 g/mol. The summed E-state index contributed by atoms with van der Waals surface area (Å²) in [6.07, 6.45) is 8.69. The molecule has 0 bridgehead atoms. The zero-order chi connectivity index (χ0) is 15.1. The van der Waals surface area contributed by atoms with Crippen LogP contribution in [0.2, 0.25) is 0 Å². The van der Waals surface area contributed by atoms with Gasteiger partial charge in [-0.2, -0.15) is 0 Å². The minimum absolute atomic E-state index is 0.0719. The van der Waals surface area contributed by atoms with E-state index in [-0.39, 0.29) is 11.0 Å². The van der Waals surface area contributed by atoms with Gasteiger partial charge in [0.15, 0.2) is 0 Å². The van der Waals surface area contributed by atoms with Crippen LogP contribution in [0.15, 0.2) is 43.0 Å². The first-order valence-corrected chi connectivity index (χ1v) is 7.99. The summed E-state index contributed by atoms with van der Waals surface area (Å²) < 4.78 is 0. The van der Waals surface area contributed by atoms with Crippen LogP contribution < -0.4 is 5.73 Å². The second-order valence-electron chi connectivity index (χ2n) is 6.11. The quantitative estimate of drug-likeness (QED) is 0.485. The molecule has 1 rings (SSSR count). The monoisotopic (exact) mass is 273 g/mol. The van der Waals surface area contributed by atoms with Crippen LogP contribution in [0.25, 0.3) is 0 Å². The zero-order valence-corrected chi connectivity index (χ0v) is 13.5. The molecule has 0 aromatic heterocycles. The summed E-state index contributed by atoms with van der Waals surface area (Å²) >= 11 is 0. The van der Waals surface area contributed by atoms with Crippen molar-refractivity contribution in [1.82, 2.24) is 0 Å². The van der Waals surface area contributed by atoms with Crippen molar-refractivity contribution in [3.05, 3.63) is 48.6 Å². The maximum atomic E-state index is 6.81. The van der Waals surface area contributed by atoms with Gasteiger partial charge in [0, 0.05) is 11.0 Å². The first-order chi connectivity index (χ1) is 9.54. The Kier molecular flexibility index (Phi) is 6.48. The number of hydrogen-bond acceptors (Lipinski definition) is 1. The number of benzene rings is 1. The largest absolute Gasteiger partial charge is 0.325 e. The molecule has 1 nitrogen and oxygen atoms in total. The fourth-order valence-electron chi connectivity index (χ4n) is 3.57. The summed E-state index contributed by atoms with van der Waals surface area (Å²) in [7, 11) is 0. The molecule has 1 heteroatoms. The Morgan fingerprint density at radius 1 is 1.10 bits per heavy atom. The third-order valence-corrected chi connectivity index (χ3v) is 4.98. The van der Waals surface area contributed by atoms with E-state index < -0.39 is 0 Å². The molecule has 1 atom stereocenters. The van der Waals surface area contributed by atoms with E-state index in [0.29, 0.717) is 0 Å². The molecule has 112 valence electrons. The molecular formula is C19H31N. The predicted molar refractivity (Wildman–Crippen MR) is 90.0 cm³/mol. The lowest BCUT2D eigenvalue weighted by atomic mass is 9.61. The van der Waals surface area contributed by atoms with Crippen molar-refractivity contribution >= 4 is 0 Å². The van der Waals surface area contributed by atoms with Crippen molar-refractivity contribution in [2.24, 2.45) is 5.73 Å². The Hall–Kier alpha value is -1.08. The third kappa shape index (κ3) is 3.52. The molecule has 0 heterocycles. The van der Waals surface area contributed by atoms with E-state index in [1.54, 1.807) is 0 Å². The van der Waals surface area contributed by atoms with E-state index in [0.717, 1.165) is 25.7 Å². The normalized spacial score (nSPS) is 14.8. The molecule has 0 aliphatic rings. The molecule has 1 aromatic carbocycles. The van der Waals surface area contributed by atoms with Crippen LogP contribution in [0.4, 0.5) is 0 Å². The zero-order valence-electron chi connectivity index (χ0n) is 13.5. The Morgan fingerprint density at radius 2 is 1.70 bits per heavy atom. The molecule has 20 heavy (non-hydrogen) atoms. The number of allylic oxidation sites excluding steroid dienone is 1. The highest BCUT2D eigenvalue weighted by Gasteiger charge is 2.43. The summed E-state index contributed by atoms with van der Waals surface area (Å²) in [5.41, 5.74) is 8.10. The van der Waals surface area contributed by atoms with Gasteiger partial charge in [0.25, 0.3) is 0 Å². The predicted octanol–water partition coefficient (Wildman–Crippen LogP) is 5.21. The second kappa shape index (κ2) is 7.64. The van der Waals surface area contributed by atoms with Crippen molar-refractivity contribution in [3.8, 4) is 0 Å². The maximum absolute atomic E-state index is 6.81. The fraction of sp³-hybridized carbons (Fsp3) is 0.579. The maximum Gasteiger partial charge on any atom is 0.0223 e. The van der Waals surface area contributed by atoms with Gasteiger partial charge in [0.05, 0.1) is 0 Å². The lowest BCUT2D eigenvalue weighted by Gasteiger charge is -2.47. The Bertz CT molecular complexity index is 387. The number of unbranched alkanes of at least 4 members (excludes halogenated alkanes) is 2. The van der Waals surface area contributed by atoms with Gasteiger partial charge in [-0.1, -0.05) is 56.7 Å². The van der Waals surface area contributed by atoms with Gasteiger partial charge in [-0.15, -0.1) is 6.58 Å². The molecule has 0 saturated carbocycles. The van der Waals surface area contributed by atoms with Gasteiger partial charge in [0.1, 0.15) is 0 Å². The summed E-state index contributed by atoms with van der Waals surface area (Å²) in [6.45, 7) is 10.6. The highest BCUT2D eigenvalue weighted by atomic mass is 14.8. The minimum Gasteiger partial charge on any atom is -0.325 e. The number of rotatable bonds is 9. The molecule has 2 N–H and O–H groups in total. The first-order valence-electron chi connectivity index (χ1n) is 7.99. The molecule has 0 amide bonds. The van der Waals surface area contributed by atoms with Gasteiger partial charge in [-0.3, -0.25) is 0 Å². The van der Waals surface area contributed by atoms with E-state index in [1.807, 2.05) is 6.08 Å². The van der Waals surface area contributed by atoms with Gasteiger partial charge >= 0.3 is 0 Å². The third-order valence-electron chi connectivity index (χ3n) is 4.98. The van der Waals surface area contributed by atoms with Crippen molar-refractivity contribution < 1.29 is 0 Å². The van der Waals surface area contributed by atoms with Crippen LogP contribution >= 0.6 is 0 Å². The Morgan fingerprint density at radius 3 is 2.20 bits per heavy atom. The van der Waals surface area contributed by atoms with Crippen molar-refractivity contribution in [2.45, 2.75) is 70.3 Å². The SMILES string of the molecule is C=CCCCCC(C)(N)C(CC)(CC)c1ccccc1. The van der Waals surface area contributed by atoms with Gasteiger partial charge in [-0.25, -0.2) is 0 Å². The van der Waals surface area contributed by atoms with Crippen molar-refractivity contribution in [2.75, 3.05) is 0 Å².